The molecule has 21 heavy (non-hydrogen) atoms. The summed E-state index contributed by atoms with van der Waals surface area (Å²) in [6.45, 7) is 4.05. The molecule has 0 atom stereocenters. The number of carbonyl (C=O) groups excluding carboxylic acids is 1. The molecule has 1 heterocycles. The maximum absolute atomic E-state index is 12.8. The van der Waals surface area contributed by atoms with Crippen LogP contribution in [0.4, 0.5) is 0 Å². The van der Waals surface area contributed by atoms with Gasteiger partial charge in [-0.25, -0.2) is 0 Å². The van der Waals surface area contributed by atoms with Gasteiger partial charge in [0.2, 0.25) is 5.78 Å². The van der Waals surface area contributed by atoms with E-state index in [4.69, 9.17) is 9.47 Å². The number of carbonyl (C=O) groups is 1. The molecule has 0 amide bonds. The van der Waals surface area contributed by atoms with Crippen molar-refractivity contribution in [3.63, 3.8) is 0 Å². The zero-order valence-corrected chi connectivity index (χ0v) is 13.2. The lowest BCUT2D eigenvalue weighted by Gasteiger charge is -2.10. The maximum Gasteiger partial charge on any atom is 0.209 e. The molecule has 1 aromatic carbocycles. The number of hydrogen-bond acceptors (Lipinski definition) is 3. The lowest BCUT2D eigenvalue weighted by molar-refractivity contribution is 0.103. The van der Waals surface area contributed by atoms with Gasteiger partial charge in [0.05, 0.1) is 19.9 Å². The molecule has 2 rings (SSSR count). The SMILES string of the molecule is CCc1cc(C)c(C(=O)c2ccc(OC)c(OC)c2)n1C. The van der Waals surface area contributed by atoms with Crippen molar-refractivity contribution in [2.45, 2.75) is 20.3 Å². The minimum atomic E-state index is -0.00402. The second-order valence-corrected chi connectivity index (χ2v) is 4.98. The molecule has 0 N–H and O–H groups in total. The molecule has 0 saturated heterocycles. The van der Waals surface area contributed by atoms with Crippen molar-refractivity contribution in [2.24, 2.45) is 7.05 Å². The standard InChI is InChI=1S/C17H21NO3/c1-6-13-9-11(2)16(18(13)3)17(19)12-7-8-14(20-4)15(10-12)21-5/h7-10H,6H2,1-5H3. The van der Waals surface area contributed by atoms with Crippen molar-refractivity contribution in [1.29, 1.82) is 0 Å². The molecule has 1 aromatic heterocycles. The van der Waals surface area contributed by atoms with Crippen molar-refractivity contribution < 1.29 is 14.3 Å². The highest BCUT2D eigenvalue weighted by atomic mass is 16.5. The number of rotatable bonds is 5. The zero-order valence-electron chi connectivity index (χ0n) is 13.2. The molecule has 0 saturated carbocycles. The van der Waals surface area contributed by atoms with Crippen molar-refractivity contribution in [3.05, 3.63) is 46.8 Å². The first-order valence-corrected chi connectivity index (χ1v) is 6.95. The average Bonchev–Trinajstić information content (AvgIpc) is 2.79. The molecule has 0 spiro atoms. The summed E-state index contributed by atoms with van der Waals surface area (Å²) in [6, 6.07) is 7.31. The summed E-state index contributed by atoms with van der Waals surface area (Å²) in [6.07, 6.45) is 0.899. The predicted molar refractivity (Wildman–Crippen MR) is 82.5 cm³/mol. The minimum absolute atomic E-state index is 0.00402. The van der Waals surface area contributed by atoms with Crippen LogP contribution in [0.5, 0.6) is 11.5 Å². The smallest absolute Gasteiger partial charge is 0.209 e. The highest BCUT2D eigenvalue weighted by Gasteiger charge is 2.19. The number of methoxy groups -OCH3 is 2. The summed E-state index contributed by atoms with van der Waals surface area (Å²) < 4.78 is 12.4. The molecule has 2 aromatic rings. The zero-order chi connectivity index (χ0) is 15.6. The minimum Gasteiger partial charge on any atom is -0.493 e. The van der Waals surface area contributed by atoms with Crippen LogP contribution in [0.3, 0.4) is 0 Å². The van der Waals surface area contributed by atoms with Crippen LogP contribution in [0.25, 0.3) is 0 Å². The monoisotopic (exact) mass is 287 g/mol. The Balaban J connectivity index is 2.48. The molecule has 0 aliphatic rings. The Hall–Kier alpha value is -2.23. The summed E-state index contributed by atoms with van der Waals surface area (Å²) in [5.74, 6) is 1.17. The van der Waals surface area contributed by atoms with E-state index in [9.17, 15) is 4.79 Å². The van der Waals surface area contributed by atoms with Gasteiger partial charge in [0.1, 0.15) is 0 Å². The number of ketones is 1. The largest absolute Gasteiger partial charge is 0.493 e. The number of benzene rings is 1. The first-order valence-electron chi connectivity index (χ1n) is 6.95. The molecule has 0 aliphatic carbocycles. The third kappa shape index (κ3) is 2.66. The molecule has 4 nitrogen and oxygen atoms in total. The van der Waals surface area contributed by atoms with Gasteiger partial charge in [-0.05, 0) is 43.2 Å². The summed E-state index contributed by atoms with van der Waals surface area (Å²) in [5, 5.41) is 0. The first kappa shape index (κ1) is 15.2. The van der Waals surface area contributed by atoms with Gasteiger partial charge in [0.15, 0.2) is 11.5 Å². The van der Waals surface area contributed by atoms with Gasteiger partial charge in [-0.15, -0.1) is 0 Å². The molecule has 0 unspecified atom stereocenters. The number of aromatic nitrogens is 1. The fraction of sp³-hybridized carbons (Fsp3) is 0.353. The van der Waals surface area contributed by atoms with Gasteiger partial charge in [-0.1, -0.05) is 6.92 Å². The second-order valence-electron chi connectivity index (χ2n) is 4.98. The second kappa shape index (κ2) is 6.04. The van der Waals surface area contributed by atoms with Crippen molar-refractivity contribution in [3.8, 4) is 11.5 Å². The lowest BCUT2D eigenvalue weighted by Crippen LogP contribution is -2.10. The Bertz CT molecular complexity index is 671. The van der Waals surface area contributed by atoms with Gasteiger partial charge < -0.3 is 14.0 Å². The van der Waals surface area contributed by atoms with Gasteiger partial charge >= 0.3 is 0 Å². The van der Waals surface area contributed by atoms with E-state index in [2.05, 4.69) is 13.0 Å². The Morgan fingerprint density at radius 1 is 1.14 bits per heavy atom. The molecule has 0 bridgehead atoms. The molecule has 0 aliphatic heterocycles. The number of nitrogens with zero attached hydrogens (tertiary/aromatic N) is 1. The van der Waals surface area contributed by atoms with Crippen LogP contribution in [0.2, 0.25) is 0 Å². The van der Waals surface area contributed by atoms with E-state index in [1.807, 2.05) is 18.5 Å². The van der Waals surface area contributed by atoms with Gasteiger partial charge in [0.25, 0.3) is 0 Å². The Morgan fingerprint density at radius 3 is 2.33 bits per heavy atom. The van der Waals surface area contributed by atoms with E-state index >= 15 is 0 Å². The van der Waals surface area contributed by atoms with Gasteiger partial charge in [-0.2, -0.15) is 0 Å². The Labute approximate surface area is 125 Å². The van der Waals surface area contributed by atoms with Crippen LogP contribution in [0.15, 0.2) is 24.3 Å². The molecule has 4 heteroatoms. The van der Waals surface area contributed by atoms with Crippen LogP contribution in [-0.2, 0) is 13.5 Å². The normalized spacial score (nSPS) is 10.5. The highest BCUT2D eigenvalue weighted by molar-refractivity contribution is 6.09. The van der Waals surface area contributed by atoms with Gasteiger partial charge in [0, 0.05) is 18.3 Å². The van der Waals surface area contributed by atoms with E-state index < -0.39 is 0 Å². The molecule has 0 fully saturated rings. The molecular formula is C17H21NO3. The summed E-state index contributed by atoms with van der Waals surface area (Å²) in [7, 11) is 5.07. The predicted octanol–water partition coefficient (Wildman–Crippen LogP) is 3.14. The topological polar surface area (TPSA) is 40.5 Å². The van der Waals surface area contributed by atoms with Crippen molar-refractivity contribution >= 4 is 5.78 Å². The summed E-state index contributed by atoms with van der Waals surface area (Å²) in [5.41, 5.74) is 3.46. The average molecular weight is 287 g/mol. The lowest BCUT2D eigenvalue weighted by atomic mass is 10.1. The quantitative estimate of drug-likeness (QED) is 0.793. The van der Waals surface area contributed by atoms with Crippen molar-refractivity contribution in [1.82, 2.24) is 4.57 Å². The summed E-state index contributed by atoms with van der Waals surface area (Å²) in [4.78, 5) is 12.8. The van der Waals surface area contributed by atoms with Crippen molar-refractivity contribution in [2.75, 3.05) is 14.2 Å². The van der Waals surface area contributed by atoms with E-state index in [0.29, 0.717) is 17.1 Å². The third-order valence-electron chi connectivity index (χ3n) is 3.75. The highest BCUT2D eigenvalue weighted by Crippen LogP contribution is 2.29. The number of aryl methyl sites for hydroxylation is 2. The van der Waals surface area contributed by atoms with Crippen LogP contribution >= 0.6 is 0 Å². The van der Waals surface area contributed by atoms with Crippen LogP contribution in [0, 0.1) is 6.92 Å². The Morgan fingerprint density at radius 2 is 1.81 bits per heavy atom. The first-order chi connectivity index (χ1) is 10.0. The number of hydrogen-bond donors (Lipinski definition) is 0. The van der Waals surface area contributed by atoms with E-state index in [1.54, 1.807) is 32.4 Å². The van der Waals surface area contributed by atoms with Crippen LogP contribution in [0.1, 0.15) is 34.2 Å². The van der Waals surface area contributed by atoms with E-state index in [0.717, 1.165) is 23.4 Å². The molecular weight excluding hydrogens is 266 g/mol. The summed E-state index contributed by atoms with van der Waals surface area (Å²) >= 11 is 0. The fourth-order valence-corrected chi connectivity index (χ4v) is 2.61. The molecule has 0 radical (unpaired) electrons. The van der Waals surface area contributed by atoms with E-state index in [-0.39, 0.29) is 5.78 Å². The number of ether oxygens (including phenoxy) is 2. The maximum atomic E-state index is 12.8. The molecule has 112 valence electrons. The van der Waals surface area contributed by atoms with Crippen LogP contribution < -0.4 is 9.47 Å². The Kier molecular flexibility index (Phi) is 4.36. The van der Waals surface area contributed by atoms with Gasteiger partial charge in [-0.3, -0.25) is 4.79 Å². The fourth-order valence-electron chi connectivity index (χ4n) is 2.61. The third-order valence-corrected chi connectivity index (χ3v) is 3.75. The van der Waals surface area contributed by atoms with E-state index in [1.165, 1.54) is 0 Å². The van der Waals surface area contributed by atoms with Crippen LogP contribution in [-0.4, -0.2) is 24.6 Å².